The number of benzene rings is 1. The largest absolute Gasteiger partial charge is 0.494 e. The van der Waals surface area contributed by atoms with E-state index in [-0.39, 0.29) is 11.1 Å². The van der Waals surface area contributed by atoms with Crippen molar-refractivity contribution >= 4 is 0 Å². The van der Waals surface area contributed by atoms with Gasteiger partial charge in [-0.05, 0) is 55.3 Å². The summed E-state index contributed by atoms with van der Waals surface area (Å²) in [5, 5.41) is 9.09. The second-order valence-corrected chi connectivity index (χ2v) is 5.37. The Morgan fingerprint density at radius 2 is 1.83 bits per heavy atom. The van der Waals surface area contributed by atoms with E-state index in [0.717, 1.165) is 36.3 Å². The minimum absolute atomic E-state index is 0.191. The summed E-state index contributed by atoms with van der Waals surface area (Å²) >= 11 is 0. The lowest BCUT2D eigenvalue weighted by molar-refractivity contribution is 0.340. The van der Waals surface area contributed by atoms with E-state index < -0.39 is 0 Å². The third kappa shape index (κ3) is 4.01. The molecule has 0 amide bonds. The molecule has 0 bridgehead atoms. The standard InChI is InChI=1S/C19H22N2O2/c1-3-5-6-13-21-18(12-9-16(14-20)19(21)22)15-7-10-17(11-8-15)23-4-2/h7-12H,3-6,13H2,1-2H3. The van der Waals surface area contributed by atoms with Gasteiger partial charge in [0.15, 0.2) is 0 Å². The third-order valence-electron chi connectivity index (χ3n) is 3.74. The molecule has 23 heavy (non-hydrogen) atoms. The number of nitrogens with zero attached hydrogens (tertiary/aromatic N) is 2. The predicted molar refractivity (Wildman–Crippen MR) is 91.5 cm³/mol. The van der Waals surface area contributed by atoms with E-state index in [2.05, 4.69) is 6.92 Å². The van der Waals surface area contributed by atoms with Crippen LogP contribution in [0.1, 0.15) is 38.7 Å². The Hall–Kier alpha value is -2.54. The lowest BCUT2D eigenvalue weighted by atomic mass is 10.1. The molecule has 0 atom stereocenters. The van der Waals surface area contributed by atoms with Gasteiger partial charge in [-0.3, -0.25) is 4.79 Å². The fraction of sp³-hybridized carbons (Fsp3) is 0.368. The average Bonchev–Trinajstić information content (AvgIpc) is 2.57. The summed E-state index contributed by atoms with van der Waals surface area (Å²) in [4.78, 5) is 12.5. The minimum atomic E-state index is -0.213. The first-order valence-electron chi connectivity index (χ1n) is 8.08. The molecule has 1 aromatic carbocycles. The van der Waals surface area contributed by atoms with Crippen molar-refractivity contribution in [2.75, 3.05) is 6.61 Å². The smallest absolute Gasteiger partial charge is 0.268 e. The molecular formula is C19H22N2O2. The van der Waals surface area contributed by atoms with Crippen LogP contribution in [0.15, 0.2) is 41.2 Å². The molecule has 0 spiro atoms. The molecule has 0 aliphatic carbocycles. The molecule has 0 N–H and O–H groups in total. The van der Waals surface area contributed by atoms with Crippen LogP contribution in [0.25, 0.3) is 11.3 Å². The summed E-state index contributed by atoms with van der Waals surface area (Å²) in [6.07, 6.45) is 3.08. The Kier molecular flexibility index (Phi) is 5.99. The number of nitriles is 1. The van der Waals surface area contributed by atoms with Crippen LogP contribution in [0.3, 0.4) is 0 Å². The lowest BCUT2D eigenvalue weighted by Gasteiger charge is -2.14. The van der Waals surface area contributed by atoms with Gasteiger partial charge >= 0.3 is 0 Å². The zero-order valence-electron chi connectivity index (χ0n) is 13.7. The first-order valence-corrected chi connectivity index (χ1v) is 8.08. The van der Waals surface area contributed by atoms with Crippen molar-refractivity contribution in [1.82, 2.24) is 4.57 Å². The van der Waals surface area contributed by atoms with Gasteiger partial charge in [0.1, 0.15) is 17.4 Å². The summed E-state index contributed by atoms with van der Waals surface area (Å²) in [7, 11) is 0. The Bertz CT molecular complexity index is 739. The maximum Gasteiger partial charge on any atom is 0.268 e. The first kappa shape index (κ1) is 16.8. The van der Waals surface area contributed by atoms with E-state index >= 15 is 0 Å². The fourth-order valence-corrected chi connectivity index (χ4v) is 2.55. The second kappa shape index (κ2) is 8.19. The van der Waals surface area contributed by atoms with Gasteiger partial charge in [-0.25, -0.2) is 0 Å². The molecular weight excluding hydrogens is 288 g/mol. The van der Waals surface area contributed by atoms with Crippen LogP contribution in [0.2, 0.25) is 0 Å². The molecule has 0 saturated heterocycles. The van der Waals surface area contributed by atoms with Gasteiger partial charge < -0.3 is 9.30 Å². The van der Waals surface area contributed by atoms with Gasteiger partial charge in [-0.1, -0.05) is 19.8 Å². The molecule has 0 fully saturated rings. The fourth-order valence-electron chi connectivity index (χ4n) is 2.55. The van der Waals surface area contributed by atoms with E-state index in [4.69, 9.17) is 10.00 Å². The molecule has 1 heterocycles. The molecule has 2 rings (SSSR count). The van der Waals surface area contributed by atoms with Crippen LogP contribution in [-0.2, 0) is 6.54 Å². The van der Waals surface area contributed by atoms with Crippen LogP contribution in [0.4, 0.5) is 0 Å². The van der Waals surface area contributed by atoms with E-state index in [1.807, 2.05) is 43.3 Å². The molecule has 0 unspecified atom stereocenters. The molecule has 0 aliphatic heterocycles. The van der Waals surface area contributed by atoms with Crippen molar-refractivity contribution in [3.8, 4) is 23.1 Å². The molecule has 4 nitrogen and oxygen atoms in total. The summed E-state index contributed by atoms with van der Waals surface area (Å²) in [5.74, 6) is 0.810. The van der Waals surface area contributed by atoms with Crippen molar-refractivity contribution in [1.29, 1.82) is 5.26 Å². The molecule has 4 heteroatoms. The van der Waals surface area contributed by atoms with Crippen LogP contribution >= 0.6 is 0 Å². The Morgan fingerprint density at radius 3 is 2.43 bits per heavy atom. The van der Waals surface area contributed by atoms with Crippen molar-refractivity contribution in [2.45, 2.75) is 39.7 Å². The SMILES string of the molecule is CCCCCn1c(-c2ccc(OCC)cc2)ccc(C#N)c1=O. The number of rotatable bonds is 7. The quantitative estimate of drug-likeness (QED) is 0.727. The van der Waals surface area contributed by atoms with E-state index in [1.165, 1.54) is 0 Å². The zero-order chi connectivity index (χ0) is 16.7. The predicted octanol–water partition coefficient (Wildman–Crippen LogP) is 3.98. The number of hydrogen-bond acceptors (Lipinski definition) is 3. The summed E-state index contributed by atoms with van der Waals surface area (Å²) in [5.41, 5.74) is 1.77. The Balaban J connectivity index is 2.42. The van der Waals surface area contributed by atoms with Gasteiger partial charge in [-0.2, -0.15) is 5.26 Å². The highest BCUT2D eigenvalue weighted by Gasteiger charge is 2.10. The van der Waals surface area contributed by atoms with Crippen molar-refractivity contribution in [2.24, 2.45) is 0 Å². The molecule has 120 valence electrons. The van der Waals surface area contributed by atoms with Crippen molar-refractivity contribution in [3.63, 3.8) is 0 Å². The van der Waals surface area contributed by atoms with Crippen LogP contribution in [0, 0.1) is 11.3 Å². The van der Waals surface area contributed by atoms with E-state index in [9.17, 15) is 4.79 Å². The molecule has 2 aromatic rings. The van der Waals surface area contributed by atoms with Gasteiger partial charge in [-0.15, -0.1) is 0 Å². The van der Waals surface area contributed by atoms with E-state index in [0.29, 0.717) is 13.2 Å². The minimum Gasteiger partial charge on any atom is -0.494 e. The van der Waals surface area contributed by atoms with Gasteiger partial charge in [0, 0.05) is 6.54 Å². The number of unbranched alkanes of at least 4 members (excludes halogenated alkanes) is 2. The maximum absolute atomic E-state index is 12.5. The first-order chi connectivity index (χ1) is 11.2. The highest BCUT2D eigenvalue weighted by atomic mass is 16.5. The molecule has 0 aliphatic rings. The van der Waals surface area contributed by atoms with Crippen molar-refractivity contribution in [3.05, 3.63) is 52.3 Å². The van der Waals surface area contributed by atoms with Crippen LogP contribution < -0.4 is 10.3 Å². The zero-order valence-corrected chi connectivity index (χ0v) is 13.7. The number of ether oxygens (including phenoxy) is 1. The van der Waals surface area contributed by atoms with Crippen LogP contribution in [-0.4, -0.2) is 11.2 Å². The average molecular weight is 310 g/mol. The summed E-state index contributed by atoms with van der Waals surface area (Å²) in [6.45, 7) is 5.32. The normalized spacial score (nSPS) is 10.3. The van der Waals surface area contributed by atoms with Gasteiger partial charge in [0.2, 0.25) is 0 Å². The maximum atomic E-state index is 12.5. The summed E-state index contributed by atoms with van der Waals surface area (Å²) < 4.78 is 7.17. The van der Waals surface area contributed by atoms with E-state index in [1.54, 1.807) is 10.6 Å². The molecule has 0 radical (unpaired) electrons. The number of pyridine rings is 1. The molecule has 0 saturated carbocycles. The van der Waals surface area contributed by atoms with Crippen LogP contribution in [0.5, 0.6) is 5.75 Å². The Morgan fingerprint density at radius 1 is 1.09 bits per heavy atom. The topological polar surface area (TPSA) is 55.0 Å². The van der Waals surface area contributed by atoms with Gasteiger partial charge in [0.05, 0.1) is 12.3 Å². The van der Waals surface area contributed by atoms with Crippen molar-refractivity contribution < 1.29 is 4.74 Å². The molecule has 1 aromatic heterocycles. The lowest BCUT2D eigenvalue weighted by Crippen LogP contribution is -2.24. The second-order valence-electron chi connectivity index (χ2n) is 5.37. The Labute approximate surface area is 137 Å². The number of hydrogen-bond donors (Lipinski definition) is 0. The highest BCUT2D eigenvalue weighted by molar-refractivity contribution is 5.61. The third-order valence-corrected chi connectivity index (χ3v) is 3.74. The summed E-state index contributed by atoms with van der Waals surface area (Å²) in [6, 6.07) is 13.1. The number of aromatic nitrogens is 1. The monoisotopic (exact) mass is 310 g/mol. The van der Waals surface area contributed by atoms with Gasteiger partial charge in [0.25, 0.3) is 5.56 Å². The highest BCUT2D eigenvalue weighted by Crippen LogP contribution is 2.22.